The minimum atomic E-state index is -0.132. The maximum absolute atomic E-state index is 11.3. The molecule has 266 valence electrons. The molecule has 2 heterocycles. The van der Waals surface area contributed by atoms with Gasteiger partial charge in [-0.1, -0.05) is 139 Å². The molecule has 4 nitrogen and oxygen atoms in total. The van der Waals surface area contributed by atoms with Crippen molar-refractivity contribution in [1.82, 2.24) is 14.5 Å². The first-order valence-electron chi connectivity index (χ1n) is 18.6. The smallest absolute Gasteiger partial charge is 0.149 e. The molecule has 0 aliphatic heterocycles. The molecule has 8 aromatic rings. The highest BCUT2D eigenvalue weighted by molar-refractivity contribution is 5.97. The molecule has 6 aromatic carbocycles. The van der Waals surface area contributed by atoms with Gasteiger partial charge < -0.3 is 5.11 Å². The zero-order chi connectivity index (χ0) is 37.6. The maximum Gasteiger partial charge on any atom is 0.149 e. The fourth-order valence-electron chi connectivity index (χ4n) is 7.36. The predicted octanol–water partition coefficient (Wildman–Crippen LogP) is 13.1. The van der Waals surface area contributed by atoms with Crippen molar-refractivity contribution in [3.05, 3.63) is 169 Å². The van der Waals surface area contributed by atoms with Gasteiger partial charge in [0.15, 0.2) is 0 Å². The van der Waals surface area contributed by atoms with Gasteiger partial charge in [-0.25, -0.2) is 4.98 Å². The van der Waals surface area contributed by atoms with E-state index < -0.39 is 0 Å². The van der Waals surface area contributed by atoms with Crippen molar-refractivity contribution in [2.75, 3.05) is 0 Å². The number of aromatic nitrogens is 3. The van der Waals surface area contributed by atoms with Crippen LogP contribution in [0.25, 0.3) is 72.7 Å². The van der Waals surface area contributed by atoms with Crippen LogP contribution >= 0.6 is 0 Å². The summed E-state index contributed by atoms with van der Waals surface area (Å²) in [6.07, 6.45) is 1.90. The molecule has 0 amide bonds. The number of para-hydroxylation sites is 2. The van der Waals surface area contributed by atoms with Gasteiger partial charge in [-0.3, -0.25) is 9.55 Å². The molecular formula is C50H45N3O. The Balaban J connectivity index is 1.37. The normalized spacial score (nSPS) is 12.0. The van der Waals surface area contributed by atoms with E-state index in [9.17, 15) is 5.11 Å². The molecule has 0 fully saturated rings. The van der Waals surface area contributed by atoms with Crippen molar-refractivity contribution in [3.63, 3.8) is 0 Å². The van der Waals surface area contributed by atoms with E-state index in [0.29, 0.717) is 11.4 Å². The Bertz CT molecular complexity index is 2620. The fraction of sp³-hybridized carbons (Fsp3) is 0.160. The topological polar surface area (TPSA) is 50.9 Å². The Labute approximate surface area is 318 Å². The van der Waals surface area contributed by atoms with Gasteiger partial charge in [-0.15, -0.1) is 0 Å². The van der Waals surface area contributed by atoms with Crippen LogP contribution in [0.4, 0.5) is 0 Å². The van der Waals surface area contributed by atoms with Gasteiger partial charge in [0, 0.05) is 23.0 Å². The first-order valence-corrected chi connectivity index (χ1v) is 18.6. The van der Waals surface area contributed by atoms with E-state index in [-0.39, 0.29) is 16.6 Å². The first kappa shape index (κ1) is 34.8. The fourth-order valence-corrected chi connectivity index (χ4v) is 7.36. The molecule has 0 saturated heterocycles. The van der Waals surface area contributed by atoms with Gasteiger partial charge in [0.25, 0.3) is 0 Å². The third-order valence-electron chi connectivity index (χ3n) is 10.3. The highest BCUT2D eigenvalue weighted by Crippen LogP contribution is 2.42. The van der Waals surface area contributed by atoms with Crippen LogP contribution in [-0.2, 0) is 10.8 Å². The first-order chi connectivity index (χ1) is 26.0. The van der Waals surface area contributed by atoms with Crippen LogP contribution in [0.5, 0.6) is 5.75 Å². The molecule has 0 atom stereocenters. The van der Waals surface area contributed by atoms with Crippen molar-refractivity contribution in [2.24, 2.45) is 0 Å². The molecule has 0 unspecified atom stereocenters. The minimum absolute atomic E-state index is 0.111. The number of imidazole rings is 1. The van der Waals surface area contributed by atoms with Crippen LogP contribution in [-0.4, -0.2) is 19.6 Å². The highest BCUT2D eigenvalue weighted by Gasteiger charge is 2.25. The van der Waals surface area contributed by atoms with E-state index in [2.05, 4.69) is 167 Å². The number of hydrogen-bond acceptors (Lipinski definition) is 3. The molecule has 0 saturated carbocycles. The second kappa shape index (κ2) is 13.6. The highest BCUT2D eigenvalue weighted by atomic mass is 16.3. The lowest BCUT2D eigenvalue weighted by atomic mass is 9.81. The molecule has 0 radical (unpaired) electrons. The SMILES string of the molecule is CC(C)(C)c1cc(-c2cc(-c3ccccc3)ccn2)cc(-c2cccc3c2nc(-c2ccccc2O)n3-c2ccc(-c3ccccc3)c(C(C)(C)C)c2)c1. The number of benzene rings is 6. The average Bonchev–Trinajstić information content (AvgIpc) is 3.57. The van der Waals surface area contributed by atoms with Crippen LogP contribution in [0.2, 0.25) is 0 Å². The second-order valence-corrected chi connectivity index (χ2v) is 16.2. The number of rotatable bonds is 6. The largest absolute Gasteiger partial charge is 0.507 e. The maximum atomic E-state index is 11.3. The van der Waals surface area contributed by atoms with E-state index in [1.165, 1.54) is 22.3 Å². The lowest BCUT2D eigenvalue weighted by molar-refractivity contribution is 0.477. The Kier molecular flexibility index (Phi) is 8.78. The monoisotopic (exact) mass is 703 g/mol. The second-order valence-electron chi connectivity index (χ2n) is 16.2. The number of fused-ring (bicyclic) bond motifs is 1. The summed E-state index contributed by atoms with van der Waals surface area (Å²) < 4.78 is 2.21. The van der Waals surface area contributed by atoms with Gasteiger partial charge >= 0.3 is 0 Å². The predicted molar refractivity (Wildman–Crippen MR) is 225 cm³/mol. The zero-order valence-electron chi connectivity index (χ0n) is 31.8. The Morgan fingerprint density at radius 1 is 0.500 bits per heavy atom. The van der Waals surface area contributed by atoms with Crippen LogP contribution in [0.3, 0.4) is 0 Å². The standard InChI is InChI=1S/C50H45N3O/c1-49(2,3)38-29-36(28-37(30-38)44-31-35(26-27-51-44)33-16-9-7-10-17-33)41-21-15-22-45-47(41)52-48(42-20-13-14-23-46(42)54)53(45)39-24-25-40(34-18-11-8-12-19-34)43(32-39)50(4,5)6/h7-32,54H,1-6H3. The van der Waals surface area contributed by atoms with Crippen LogP contribution in [0, 0.1) is 0 Å². The molecule has 0 spiro atoms. The quantitative estimate of drug-likeness (QED) is 0.188. The summed E-state index contributed by atoms with van der Waals surface area (Å²) in [5.74, 6) is 0.876. The molecule has 0 aliphatic rings. The van der Waals surface area contributed by atoms with Crippen molar-refractivity contribution >= 4 is 11.0 Å². The number of pyridine rings is 1. The summed E-state index contributed by atoms with van der Waals surface area (Å²) in [5.41, 5.74) is 14.4. The lowest BCUT2D eigenvalue weighted by Crippen LogP contribution is -2.14. The van der Waals surface area contributed by atoms with Gasteiger partial charge in [0.1, 0.15) is 11.6 Å². The zero-order valence-corrected chi connectivity index (χ0v) is 31.8. The molecule has 0 bridgehead atoms. The average molecular weight is 704 g/mol. The van der Waals surface area contributed by atoms with E-state index in [1.807, 2.05) is 30.5 Å². The summed E-state index contributed by atoms with van der Waals surface area (Å²) in [5, 5.41) is 11.3. The van der Waals surface area contributed by atoms with Gasteiger partial charge in [-0.2, -0.15) is 0 Å². The number of aromatic hydroxyl groups is 1. The minimum Gasteiger partial charge on any atom is -0.507 e. The van der Waals surface area contributed by atoms with Gasteiger partial charge in [0.2, 0.25) is 0 Å². The molecule has 54 heavy (non-hydrogen) atoms. The van der Waals surface area contributed by atoms with Crippen molar-refractivity contribution in [3.8, 4) is 67.5 Å². The lowest BCUT2D eigenvalue weighted by Gasteiger charge is -2.25. The number of phenols is 1. The van der Waals surface area contributed by atoms with E-state index in [4.69, 9.17) is 9.97 Å². The van der Waals surface area contributed by atoms with Crippen LogP contribution in [0.1, 0.15) is 52.7 Å². The number of hydrogen-bond donors (Lipinski definition) is 1. The van der Waals surface area contributed by atoms with Crippen LogP contribution in [0.15, 0.2) is 158 Å². The summed E-state index contributed by atoms with van der Waals surface area (Å²) in [4.78, 5) is 10.3. The summed E-state index contributed by atoms with van der Waals surface area (Å²) in [7, 11) is 0. The number of phenolic OH excluding ortho intramolecular Hbond substituents is 1. The summed E-state index contributed by atoms with van der Waals surface area (Å²) in [6, 6.07) is 52.7. The van der Waals surface area contributed by atoms with Crippen LogP contribution < -0.4 is 0 Å². The molecule has 1 N–H and O–H groups in total. The van der Waals surface area contributed by atoms with Gasteiger partial charge in [-0.05, 0) is 104 Å². The molecular weight excluding hydrogens is 659 g/mol. The Morgan fingerprint density at radius 2 is 1.17 bits per heavy atom. The van der Waals surface area contributed by atoms with E-state index in [0.717, 1.165) is 50.2 Å². The molecule has 2 aromatic heterocycles. The van der Waals surface area contributed by atoms with Crippen molar-refractivity contribution < 1.29 is 5.11 Å². The molecule has 4 heteroatoms. The van der Waals surface area contributed by atoms with Gasteiger partial charge in [0.05, 0.1) is 22.3 Å². The summed E-state index contributed by atoms with van der Waals surface area (Å²) >= 11 is 0. The third kappa shape index (κ3) is 6.60. The molecule has 8 rings (SSSR count). The Morgan fingerprint density at radius 3 is 1.87 bits per heavy atom. The summed E-state index contributed by atoms with van der Waals surface area (Å²) in [6.45, 7) is 13.5. The third-order valence-corrected chi connectivity index (χ3v) is 10.3. The van der Waals surface area contributed by atoms with Crippen molar-refractivity contribution in [1.29, 1.82) is 0 Å². The van der Waals surface area contributed by atoms with Crippen molar-refractivity contribution in [2.45, 2.75) is 52.4 Å². The Hall–Kier alpha value is -6.26. The van der Waals surface area contributed by atoms with E-state index in [1.54, 1.807) is 6.07 Å². The van der Waals surface area contributed by atoms with E-state index >= 15 is 0 Å². The number of nitrogens with zero attached hydrogens (tertiary/aromatic N) is 3. The molecule has 0 aliphatic carbocycles.